The molecule has 0 spiro atoms. The number of hydrogen-bond donors (Lipinski definition) is 2. The lowest BCUT2D eigenvalue weighted by atomic mass is 10.0. The minimum Gasteiger partial charge on any atom is -0.355 e. The van der Waals surface area contributed by atoms with Crippen molar-refractivity contribution in [2.45, 2.75) is 109 Å². The molecule has 2 N–H and O–H groups in total. The van der Waals surface area contributed by atoms with Gasteiger partial charge in [0.15, 0.2) is 0 Å². The first-order chi connectivity index (χ1) is 11.8. The smallest absolute Gasteiger partial charge is 0.238 e. The molecule has 5 nitrogen and oxygen atoms in total. The van der Waals surface area contributed by atoms with Crippen LogP contribution >= 0.6 is 0 Å². The molecule has 0 aromatic heterocycles. The maximum Gasteiger partial charge on any atom is 0.238 e. The third-order valence-corrected chi connectivity index (χ3v) is 7.45. The minimum atomic E-state index is -3.52. The average molecular weight is 375 g/mol. The average Bonchev–Trinajstić information content (AvgIpc) is 2.74. The van der Waals surface area contributed by atoms with Gasteiger partial charge in [0.05, 0.1) is 4.75 Å². The zero-order valence-electron chi connectivity index (χ0n) is 16.4. The Morgan fingerprint density at radius 3 is 2.28 bits per heavy atom. The van der Waals surface area contributed by atoms with Crippen LogP contribution < -0.4 is 10.0 Å². The lowest BCUT2D eigenvalue weighted by Crippen LogP contribution is -2.51. The molecule has 25 heavy (non-hydrogen) atoms. The Hall–Kier alpha value is -0.620. The standard InChI is InChI=1S/C19H38N2O3S/c1-4-5-6-7-8-9-10-12-15-19(2,3)25(23,24)21-17-14-11-13-16-20-18(17)22/h17,21H,4-16H2,1-3H3,(H,20,22)/t17-/m0/s1. The Labute approximate surface area is 154 Å². The fourth-order valence-electron chi connectivity index (χ4n) is 3.22. The quantitative estimate of drug-likeness (QED) is 0.509. The van der Waals surface area contributed by atoms with E-state index >= 15 is 0 Å². The van der Waals surface area contributed by atoms with Crippen LogP contribution in [0, 0.1) is 0 Å². The molecule has 1 aliphatic heterocycles. The Balaban J connectivity index is 2.37. The molecular formula is C19H38N2O3S. The number of sulfonamides is 1. The van der Waals surface area contributed by atoms with Crippen molar-refractivity contribution in [2.75, 3.05) is 6.54 Å². The van der Waals surface area contributed by atoms with E-state index in [1.54, 1.807) is 13.8 Å². The van der Waals surface area contributed by atoms with Gasteiger partial charge in [-0.1, -0.05) is 58.3 Å². The molecule has 148 valence electrons. The summed E-state index contributed by atoms with van der Waals surface area (Å²) in [5.74, 6) is -0.191. The molecule has 0 bridgehead atoms. The fraction of sp³-hybridized carbons (Fsp3) is 0.947. The molecule has 0 aromatic carbocycles. The van der Waals surface area contributed by atoms with E-state index in [4.69, 9.17) is 0 Å². The Kier molecular flexibility index (Phi) is 10.0. The van der Waals surface area contributed by atoms with E-state index in [1.165, 1.54) is 38.5 Å². The minimum absolute atomic E-state index is 0.191. The molecule has 0 aliphatic carbocycles. The van der Waals surface area contributed by atoms with E-state index in [0.29, 0.717) is 19.4 Å². The van der Waals surface area contributed by atoms with Gasteiger partial charge in [0.2, 0.25) is 15.9 Å². The van der Waals surface area contributed by atoms with Gasteiger partial charge in [-0.2, -0.15) is 0 Å². The summed E-state index contributed by atoms with van der Waals surface area (Å²) in [5, 5.41) is 2.78. The van der Waals surface area contributed by atoms with Crippen LogP contribution in [0.4, 0.5) is 0 Å². The molecule has 1 amide bonds. The molecule has 0 unspecified atom stereocenters. The van der Waals surface area contributed by atoms with Crippen molar-refractivity contribution in [1.29, 1.82) is 0 Å². The summed E-state index contributed by atoms with van der Waals surface area (Å²) in [6.07, 6.45) is 12.6. The second-order valence-corrected chi connectivity index (χ2v) is 10.3. The van der Waals surface area contributed by atoms with Crippen molar-refractivity contribution in [2.24, 2.45) is 0 Å². The second kappa shape index (κ2) is 11.2. The summed E-state index contributed by atoms with van der Waals surface area (Å²) >= 11 is 0. The zero-order chi connectivity index (χ0) is 18.8. The highest BCUT2D eigenvalue weighted by atomic mass is 32.2. The first kappa shape index (κ1) is 22.4. The summed E-state index contributed by atoms with van der Waals surface area (Å²) in [5.41, 5.74) is 0. The van der Waals surface area contributed by atoms with Gasteiger partial charge in [0.1, 0.15) is 6.04 Å². The monoisotopic (exact) mass is 374 g/mol. The highest BCUT2D eigenvalue weighted by Gasteiger charge is 2.37. The van der Waals surface area contributed by atoms with Gasteiger partial charge >= 0.3 is 0 Å². The van der Waals surface area contributed by atoms with Crippen LogP contribution in [0.1, 0.15) is 97.8 Å². The Morgan fingerprint density at radius 1 is 1.04 bits per heavy atom. The van der Waals surface area contributed by atoms with E-state index < -0.39 is 20.8 Å². The normalized spacial score (nSPS) is 19.5. The number of rotatable bonds is 12. The molecular weight excluding hydrogens is 336 g/mol. The van der Waals surface area contributed by atoms with Crippen molar-refractivity contribution in [3.8, 4) is 0 Å². The second-order valence-electron chi connectivity index (χ2n) is 7.95. The predicted octanol–water partition coefficient (Wildman–Crippen LogP) is 3.88. The number of carbonyl (C=O) groups excluding carboxylic acids is 1. The SMILES string of the molecule is CCCCCCCCCCC(C)(C)S(=O)(=O)N[C@H]1CCCCNC1=O. The molecule has 0 radical (unpaired) electrons. The number of amides is 1. The van der Waals surface area contributed by atoms with Gasteiger partial charge < -0.3 is 5.32 Å². The lowest BCUT2D eigenvalue weighted by Gasteiger charge is -2.27. The molecule has 1 heterocycles. The number of unbranched alkanes of at least 4 members (excludes halogenated alkanes) is 7. The number of hydrogen-bond acceptors (Lipinski definition) is 3. The van der Waals surface area contributed by atoms with Crippen molar-refractivity contribution in [1.82, 2.24) is 10.0 Å². The predicted molar refractivity (Wildman–Crippen MR) is 104 cm³/mol. The van der Waals surface area contributed by atoms with Gasteiger partial charge in [0.25, 0.3) is 0 Å². The largest absolute Gasteiger partial charge is 0.355 e. The summed E-state index contributed by atoms with van der Waals surface area (Å²) in [6.45, 7) is 6.39. The van der Waals surface area contributed by atoms with Crippen molar-refractivity contribution in [3.63, 3.8) is 0 Å². The van der Waals surface area contributed by atoms with Gasteiger partial charge in [-0.25, -0.2) is 13.1 Å². The third kappa shape index (κ3) is 8.07. The summed E-state index contributed by atoms with van der Waals surface area (Å²) in [6, 6.07) is -0.620. The lowest BCUT2D eigenvalue weighted by molar-refractivity contribution is -0.122. The van der Waals surface area contributed by atoms with Crippen LogP contribution in [0.25, 0.3) is 0 Å². The fourth-order valence-corrected chi connectivity index (χ4v) is 4.55. The van der Waals surface area contributed by atoms with Gasteiger partial charge in [-0.3, -0.25) is 4.79 Å². The van der Waals surface area contributed by atoms with E-state index in [0.717, 1.165) is 25.7 Å². The van der Waals surface area contributed by atoms with Crippen molar-refractivity contribution < 1.29 is 13.2 Å². The molecule has 1 rings (SSSR count). The van der Waals surface area contributed by atoms with E-state index in [1.807, 2.05) is 0 Å². The zero-order valence-corrected chi connectivity index (χ0v) is 17.2. The van der Waals surface area contributed by atoms with Crippen LogP contribution in [0.2, 0.25) is 0 Å². The van der Waals surface area contributed by atoms with Crippen molar-refractivity contribution in [3.05, 3.63) is 0 Å². The van der Waals surface area contributed by atoms with Crippen molar-refractivity contribution >= 4 is 15.9 Å². The molecule has 0 aromatic rings. The van der Waals surface area contributed by atoms with Gasteiger partial charge in [-0.05, 0) is 39.5 Å². The van der Waals surface area contributed by atoms with Crippen LogP contribution in [0.15, 0.2) is 0 Å². The number of carbonyl (C=O) groups is 1. The maximum atomic E-state index is 12.7. The molecule has 6 heteroatoms. The first-order valence-electron chi connectivity index (χ1n) is 10.1. The van der Waals surface area contributed by atoms with Crippen LogP contribution in [0.3, 0.4) is 0 Å². The van der Waals surface area contributed by atoms with E-state index in [-0.39, 0.29) is 5.91 Å². The topological polar surface area (TPSA) is 75.3 Å². The Morgan fingerprint density at radius 2 is 1.64 bits per heavy atom. The summed E-state index contributed by atoms with van der Waals surface area (Å²) in [7, 11) is -3.52. The van der Waals surface area contributed by atoms with E-state index in [9.17, 15) is 13.2 Å². The molecule has 1 aliphatic rings. The number of nitrogens with one attached hydrogen (secondary N) is 2. The highest BCUT2D eigenvalue weighted by Crippen LogP contribution is 2.24. The first-order valence-corrected chi connectivity index (χ1v) is 11.6. The summed E-state index contributed by atoms with van der Waals surface area (Å²) in [4.78, 5) is 12.0. The third-order valence-electron chi connectivity index (χ3n) is 5.19. The molecule has 1 saturated heterocycles. The Bertz CT molecular complexity index is 489. The highest BCUT2D eigenvalue weighted by molar-refractivity contribution is 7.90. The van der Waals surface area contributed by atoms with Crippen LogP contribution in [-0.4, -0.2) is 31.7 Å². The maximum absolute atomic E-state index is 12.7. The van der Waals surface area contributed by atoms with Gasteiger partial charge in [-0.15, -0.1) is 0 Å². The van der Waals surface area contributed by atoms with Gasteiger partial charge in [0, 0.05) is 6.54 Å². The molecule has 0 saturated carbocycles. The van der Waals surface area contributed by atoms with E-state index in [2.05, 4.69) is 17.0 Å². The van der Waals surface area contributed by atoms with Crippen LogP contribution in [-0.2, 0) is 14.8 Å². The summed E-state index contributed by atoms with van der Waals surface area (Å²) < 4.78 is 27.3. The molecule has 1 atom stereocenters. The molecule has 1 fully saturated rings. The van der Waals surface area contributed by atoms with Crippen LogP contribution in [0.5, 0.6) is 0 Å².